The van der Waals surface area contributed by atoms with E-state index in [1.807, 2.05) is 62.6 Å². The predicted octanol–water partition coefficient (Wildman–Crippen LogP) is 12.0. The van der Waals surface area contributed by atoms with E-state index in [0.29, 0.717) is 0 Å². The Labute approximate surface area is 406 Å². The number of benzene rings is 8. The van der Waals surface area contributed by atoms with Gasteiger partial charge in [-0.3, -0.25) is 11.8 Å². The molecule has 0 atom stereocenters. The Hall–Kier alpha value is -5.18. The number of fused-ring (bicyclic) bond motifs is 6. The largest absolute Gasteiger partial charge is 1.00 e. The van der Waals surface area contributed by atoms with Crippen molar-refractivity contribution in [1.82, 2.24) is 9.13 Å². The second-order valence-corrected chi connectivity index (χ2v) is 22.5. The van der Waals surface area contributed by atoms with Crippen LogP contribution < -0.4 is 21.2 Å². The molecule has 10 aromatic rings. The van der Waals surface area contributed by atoms with Gasteiger partial charge >= 0.3 is 44.8 Å². The standard InChI is InChI=1S/C27H26P2.2C15H10N.2Au/c1-27(2,28(23-15-7-3-8-16-23)24-17-9-4-10-18-24)29(25-19-11-5-12-20-25)26-21-13-6-14-22-26;2*1-3-11-7-6-9-13-12-8-4-5-10-14(12)16(2)15(11)13;;/h3-22H,1-2H3;2*4-10H,2H3;;/q;2*-1;2*+1/p+2. The molecule has 6 heteroatoms. The SMILES string of the molecule is CC(C)([PH+](c1ccccc1)c1ccccc1)[PH+](c1ccccc1)c1ccccc1.[Au+].[Au+].[C-]#Cc1cccc2c3ccccc3n(C)c12.[C-]#Cc1cccc2c3ccccc3n(C)c12. The van der Waals surface area contributed by atoms with Crippen molar-refractivity contribution >= 4 is 80.7 Å². The minimum absolute atomic E-state index is 0. The van der Waals surface area contributed by atoms with Gasteiger partial charge in [0.1, 0.15) is 37.1 Å². The maximum atomic E-state index is 7.33. The zero-order valence-corrected chi connectivity index (χ0v) is 42.0. The van der Waals surface area contributed by atoms with Crippen LogP contribution in [0.2, 0.25) is 0 Å². The number of para-hydroxylation sites is 4. The van der Waals surface area contributed by atoms with Crippen molar-refractivity contribution < 1.29 is 44.8 Å². The van der Waals surface area contributed by atoms with Crippen LogP contribution in [0.15, 0.2) is 206 Å². The Kier molecular flexibility index (Phi) is 16.1. The number of rotatable bonds is 6. The zero-order valence-electron chi connectivity index (χ0n) is 35.6. The summed E-state index contributed by atoms with van der Waals surface area (Å²) in [6.07, 6.45) is 14.7. The van der Waals surface area contributed by atoms with Crippen LogP contribution in [0.25, 0.3) is 43.6 Å². The Morgan fingerprint density at radius 2 is 0.635 bits per heavy atom. The first-order valence-corrected chi connectivity index (χ1v) is 23.6. The number of hydrogen-bond acceptors (Lipinski definition) is 0. The Morgan fingerprint density at radius 1 is 0.365 bits per heavy atom. The maximum absolute atomic E-state index is 7.33. The Bertz CT molecular complexity index is 2870. The van der Waals surface area contributed by atoms with E-state index in [0.717, 1.165) is 22.2 Å². The van der Waals surface area contributed by atoms with Gasteiger partial charge in [0.25, 0.3) is 0 Å². The molecule has 0 bridgehead atoms. The Balaban J connectivity index is 0.000000166. The van der Waals surface area contributed by atoms with E-state index in [-0.39, 0.29) is 49.7 Å². The van der Waals surface area contributed by atoms with Crippen LogP contribution in [0.5, 0.6) is 0 Å². The third-order valence-corrected chi connectivity index (χ3v) is 19.3. The summed E-state index contributed by atoms with van der Waals surface area (Å²) < 4.78 is 4.25. The van der Waals surface area contributed by atoms with E-state index in [1.165, 1.54) is 53.8 Å². The first-order valence-electron chi connectivity index (χ1n) is 20.6. The van der Waals surface area contributed by atoms with Crippen molar-refractivity contribution in [3.63, 3.8) is 0 Å². The van der Waals surface area contributed by atoms with Crippen molar-refractivity contribution in [3.8, 4) is 11.8 Å². The monoisotopic (exact) mass is 1220 g/mol. The van der Waals surface area contributed by atoms with Crippen molar-refractivity contribution in [2.45, 2.75) is 18.7 Å². The van der Waals surface area contributed by atoms with Gasteiger partial charge in [-0.25, -0.2) is 0 Å². The van der Waals surface area contributed by atoms with E-state index in [4.69, 9.17) is 12.8 Å². The summed E-state index contributed by atoms with van der Waals surface area (Å²) in [7, 11) is 2.02. The molecular formula is C57H48Au2N2P2+2. The van der Waals surface area contributed by atoms with Gasteiger partial charge < -0.3 is 22.0 Å². The summed E-state index contributed by atoms with van der Waals surface area (Å²) in [4.78, 5) is 0.154. The number of aryl methyl sites for hydroxylation is 2. The quantitative estimate of drug-likeness (QED) is 0.0680. The fraction of sp³-hybridized carbons (Fsp3) is 0.0877. The predicted molar refractivity (Wildman–Crippen MR) is 268 cm³/mol. The van der Waals surface area contributed by atoms with Crippen molar-refractivity contribution in [3.05, 3.63) is 230 Å². The molecule has 8 aromatic carbocycles. The van der Waals surface area contributed by atoms with Gasteiger partial charge in [0.05, 0.1) is 0 Å². The van der Waals surface area contributed by atoms with Crippen LogP contribution in [-0.2, 0) is 58.9 Å². The molecule has 316 valence electrons. The van der Waals surface area contributed by atoms with E-state index in [2.05, 4.69) is 193 Å². The van der Waals surface area contributed by atoms with Crippen LogP contribution in [0.3, 0.4) is 0 Å². The fourth-order valence-corrected chi connectivity index (χ4v) is 17.4. The van der Waals surface area contributed by atoms with Gasteiger partial charge in [-0.05, 0) is 82.5 Å². The van der Waals surface area contributed by atoms with Gasteiger partial charge in [-0.15, -0.1) is 23.3 Å². The molecule has 0 radical (unpaired) electrons. The van der Waals surface area contributed by atoms with Crippen LogP contribution in [0.1, 0.15) is 25.0 Å². The molecule has 2 aromatic heterocycles. The first-order chi connectivity index (χ1) is 29.8. The first kappa shape index (κ1) is 47.3. The summed E-state index contributed by atoms with van der Waals surface area (Å²) in [5.74, 6) is 5.00. The Morgan fingerprint density at radius 3 is 0.937 bits per heavy atom. The topological polar surface area (TPSA) is 9.86 Å². The molecule has 2 nitrogen and oxygen atoms in total. The molecule has 0 aliphatic rings. The molecule has 0 saturated carbocycles. The molecule has 0 N–H and O–H groups in total. The molecule has 63 heavy (non-hydrogen) atoms. The minimum atomic E-state index is -1.02. The van der Waals surface area contributed by atoms with E-state index in [1.54, 1.807) is 0 Å². The second-order valence-electron chi connectivity index (χ2n) is 15.6. The average molecular weight is 1220 g/mol. The van der Waals surface area contributed by atoms with Crippen molar-refractivity contribution in [2.75, 3.05) is 0 Å². The third-order valence-electron chi connectivity index (χ3n) is 11.6. The number of aromatic nitrogens is 2. The average Bonchev–Trinajstić information content (AvgIpc) is 3.78. The summed E-state index contributed by atoms with van der Waals surface area (Å²) >= 11 is 0. The van der Waals surface area contributed by atoms with Gasteiger partial charge in [0, 0.05) is 49.7 Å². The summed E-state index contributed by atoms with van der Waals surface area (Å²) in [5, 5.41) is 10.8. The fourth-order valence-electron chi connectivity index (χ4n) is 9.00. The second kappa shape index (κ2) is 21.5. The van der Waals surface area contributed by atoms with Crippen LogP contribution in [-0.4, -0.2) is 14.0 Å². The molecule has 10 rings (SSSR count). The molecule has 0 unspecified atom stereocenters. The minimum Gasteiger partial charge on any atom is -0.366 e. The summed E-state index contributed by atoms with van der Waals surface area (Å²) in [6.45, 7) is 5.02. The van der Waals surface area contributed by atoms with E-state index < -0.39 is 15.8 Å². The van der Waals surface area contributed by atoms with E-state index in [9.17, 15) is 0 Å². The molecule has 0 amide bonds. The smallest absolute Gasteiger partial charge is 0.366 e. The molecule has 0 aliphatic heterocycles. The molecule has 0 aliphatic carbocycles. The number of hydrogen-bond donors (Lipinski definition) is 0. The van der Waals surface area contributed by atoms with Crippen LogP contribution in [0, 0.1) is 24.7 Å². The summed E-state index contributed by atoms with van der Waals surface area (Å²) in [6, 6.07) is 73.3. The molecule has 0 spiro atoms. The zero-order chi connectivity index (χ0) is 42.3. The normalized spacial score (nSPS) is 10.9. The van der Waals surface area contributed by atoms with Crippen molar-refractivity contribution in [2.24, 2.45) is 14.1 Å². The van der Waals surface area contributed by atoms with Crippen LogP contribution in [0.4, 0.5) is 0 Å². The molecule has 0 fully saturated rings. The maximum Gasteiger partial charge on any atom is 1.00 e. The van der Waals surface area contributed by atoms with Gasteiger partial charge in [0.15, 0.2) is 4.90 Å². The van der Waals surface area contributed by atoms with Gasteiger partial charge in [-0.1, -0.05) is 133 Å². The molecule has 2 heterocycles. The van der Waals surface area contributed by atoms with Gasteiger partial charge in [-0.2, -0.15) is 0 Å². The number of nitrogens with zero attached hydrogens (tertiary/aromatic N) is 2. The molecule has 0 saturated heterocycles. The van der Waals surface area contributed by atoms with Crippen molar-refractivity contribution in [1.29, 1.82) is 0 Å². The van der Waals surface area contributed by atoms with Gasteiger partial charge in [0.2, 0.25) is 0 Å². The van der Waals surface area contributed by atoms with E-state index >= 15 is 0 Å². The summed E-state index contributed by atoms with van der Waals surface area (Å²) in [5.41, 5.74) is 6.24. The third kappa shape index (κ3) is 9.68. The molecular weight excluding hydrogens is 1170 g/mol. The van der Waals surface area contributed by atoms with Crippen LogP contribution >= 0.6 is 15.8 Å².